The van der Waals surface area contributed by atoms with E-state index in [2.05, 4.69) is 20.4 Å². The molecule has 2 fully saturated rings. The maximum atomic E-state index is 15.8. The minimum absolute atomic E-state index is 0.0247. The van der Waals surface area contributed by atoms with Crippen molar-refractivity contribution in [3.05, 3.63) is 70.3 Å². The molecule has 3 aliphatic heterocycles. The summed E-state index contributed by atoms with van der Waals surface area (Å²) in [4.78, 5) is 31.6. The second-order valence-electron chi connectivity index (χ2n) is 11.2. The van der Waals surface area contributed by atoms with Gasteiger partial charge in [-0.15, -0.1) is 0 Å². The Morgan fingerprint density at radius 1 is 0.929 bits per heavy atom. The van der Waals surface area contributed by atoms with E-state index >= 15 is 4.39 Å². The second-order valence-corrected chi connectivity index (χ2v) is 11.2. The molecule has 10 heteroatoms. The van der Waals surface area contributed by atoms with Gasteiger partial charge in [0.1, 0.15) is 16.8 Å². The Morgan fingerprint density at radius 2 is 1.64 bits per heavy atom. The molecule has 0 spiro atoms. The van der Waals surface area contributed by atoms with E-state index in [-0.39, 0.29) is 22.4 Å². The molecule has 3 aromatic carbocycles. The number of benzene rings is 3. The number of ether oxygens (including phenoxy) is 2. The fourth-order valence-electron chi connectivity index (χ4n) is 6.22. The predicted octanol–water partition coefficient (Wildman–Crippen LogP) is 3.96. The average Bonchev–Trinajstić information content (AvgIpc) is 3.53. The van der Waals surface area contributed by atoms with E-state index < -0.39 is 17.2 Å². The van der Waals surface area contributed by atoms with Crippen LogP contribution in [0.15, 0.2) is 53.5 Å². The fraction of sp³-hybridized carbons (Fsp3) is 0.375. The smallest absolute Gasteiger partial charge is 0.256 e. The summed E-state index contributed by atoms with van der Waals surface area (Å²) in [6.45, 7) is 7.44. The van der Waals surface area contributed by atoms with Crippen molar-refractivity contribution in [3.8, 4) is 17.2 Å². The molecule has 0 unspecified atom stereocenters. The average molecular weight is 572 g/mol. The van der Waals surface area contributed by atoms with Gasteiger partial charge in [-0.2, -0.15) is 0 Å². The van der Waals surface area contributed by atoms with Gasteiger partial charge in [-0.25, -0.2) is 4.39 Å². The molecule has 7 rings (SSSR count). The number of aromatic nitrogens is 1. The number of hydrogen-bond acceptors (Lipinski definition) is 7. The maximum absolute atomic E-state index is 15.8. The molecule has 218 valence electrons. The summed E-state index contributed by atoms with van der Waals surface area (Å²) in [6, 6.07) is 13.0. The van der Waals surface area contributed by atoms with Gasteiger partial charge in [-0.05, 0) is 54.9 Å². The predicted molar refractivity (Wildman–Crippen MR) is 161 cm³/mol. The number of halogens is 1. The standard InChI is InChI=1S/C32H34FN5O4/c33-25-19-23-29-31(28(25)34-7-11-37-13-15-41-16-14-37)42-27-18-22-6-2-1-5-21(22)17-26(27)38(29)20-24(30(23)39)32(40)35-8-12-36-9-3-4-10-36/h1-2,5-6,17-20,34H,3-4,7-16H2,(H,35,40). The highest BCUT2D eigenvalue weighted by atomic mass is 19.1. The number of carbonyl (C=O) groups excluding carboxylic acids is 1. The van der Waals surface area contributed by atoms with Crippen LogP contribution in [0.5, 0.6) is 11.5 Å². The number of rotatable bonds is 8. The molecule has 2 saturated heterocycles. The molecular weight excluding hydrogens is 537 g/mol. The van der Waals surface area contributed by atoms with Crippen molar-refractivity contribution in [2.75, 3.05) is 70.9 Å². The van der Waals surface area contributed by atoms with E-state index in [0.29, 0.717) is 49.8 Å². The van der Waals surface area contributed by atoms with Gasteiger partial charge in [0.05, 0.1) is 24.3 Å². The summed E-state index contributed by atoms with van der Waals surface area (Å²) < 4.78 is 29.4. The topological polar surface area (TPSA) is 88.1 Å². The third-order valence-corrected chi connectivity index (χ3v) is 8.48. The first kappa shape index (κ1) is 26.9. The Bertz CT molecular complexity index is 1730. The quantitative estimate of drug-likeness (QED) is 0.292. The van der Waals surface area contributed by atoms with Gasteiger partial charge < -0.3 is 29.6 Å². The summed E-state index contributed by atoms with van der Waals surface area (Å²) in [5, 5.41) is 8.20. The number of hydrogen-bond donors (Lipinski definition) is 2. The first-order chi connectivity index (χ1) is 20.6. The van der Waals surface area contributed by atoms with Gasteiger partial charge in [-0.3, -0.25) is 14.5 Å². The summed E-state index contributed by atoms with van der Waals surface area (Å²) in [7, 11) is 0. The Morgan fingerprint density at radius 3 is 2.43 bits per heavy atom. The Kier molecular flexibility index (Phi) is 7.27. The van der Waals surface area contributed by atoms with E-state index in [0.717, 1.165) is 56.3 Å². The van der Waals surface area contributed by atoms with Crippen LogP contribution in [0.1, 0.15) is 23.2 Å². The summed E-state index contributed by atoms with van der Waals surface area (Å²) in [5.41, 5.74) is 0.775. The maximum Gasteiger partial charge on any atom is 0.256 e. The van der Waals surface area contributed by atoms with Gasteiger partial charge in [-0.1, -0.05) is 24.3 Å². The first-order valence-electron chi connectivity index (χ1n) is 14.7. The molecule has 1 amide bonds. The van der Waals surface area contributed by atoms with Crippen LogP contribution in [-0.2, 0) is 4.74 Å². The highest BCUT2D eigenvalue weighted by Crippen LogP contribution is 2.46. The molecule has 9 nitrogen and oxygen atoms in total. The van der Waals surface area contributed by atoms with Crippen LogP contribution >= 0.6 is 0 Å². The number of nitrogens with one attached hydrogen (secondary N) is 2. The van der Waals surface area contributed by atoms with Crippen LogP contribution in [-0.4, -0.2) is 85.8 Å². The Hall–Kier alpha value is -3.99. The number of morpholine rings is 1. The molecule has 0 bridgehead atoms. The van der Waals surface area contributed by atoms with Crippen LogP contribution < -0.4 is 20.8 Å². The molecule has 0 aliphatic carbocycles. The molecule has 4 aromatic rings. The molecule has 0 saturated carbocycles. The van der Waals surface area contributed by atoms with E-state index in [9.17, 15) is 9.59 Å². The van der Waals surface area contributed by atoms with E-state index in [1.807, 2.05) is 36.4 Å². The number of fused-ring (bicyclic) bond motifs is 3. The van der Waals surface area contributed by atoms with Crippen LogP contribution in [0.4, 0.5) is 10.1 Å². The number of likely N-dealkylation sites (tertiary alicyclic amines) is 1. The van der Waals surface area contributed by atoms with Gasteiger partial charge in [0.15, 0.2) is 17.3 Å². The summed E-state index contributed by atoms with van der Waals surface area (Å²) >= 11 is 0. The van der Waals surface area contributed by atoms with Crippen molar-refractivity contribution >= 4 is 33.3 Å². The van der Waals surface area contributed by atoms with Gasteiger partial charge in [0, 0.05) is 45.5 Å². The fourth-order valence-corrected chi connectivity index (χ4v) is 6.22. The monoisotopic (exact) mass is 571 g/mol. The normalized spacial score (nSPS) is 16.9. The number of carbonyl (C=O) groups is 1. The van der Waals surface area contributed by atoms with Gasteiger partial charge in [0.25, 0.3) is 5.91 Å². The van der Waals surface area contributed by atoms with Crippen molar-refractivity contribution in [1.29, 1.82) is 0 Å². The van der Waals surface area contributed by atoms with Crippen LogP contribution in [0, 0.1) is 5.82 Å². The zero-order valence-corrected chi connectivity index (χ0v) is 23.5. The van der Waals surface area contributed by atoms with Crippen molar-refractivity contribution in [2.24, 2.45) is 0 Å². The lowest BCUT2D eigenvalue weighted by Crippen LogP contribution is -2.39. The molecule has 4 heterocycles. The molecule has 1 aromatic heterocycles. The summed E-state index contributed by atoms with van der Waals surface area (Å²) in [6.07, 6.45) is 3.90. The number of amides is 1. The van der Waals surface area contributed by atoms with Crippen LogP contribution in [0.2, 0.25) is 0 Å². The van der Waals surface area contributed by atoms with Gasteiger partial charge in [0.2, 0.25) is 5.43 Å². The number of pyridine rings is 1. The lowest BCUT2D eigenvalue weighted by Gasteiger charge is -2.28. The molecule has 0 atom stereocenters. The van der Waals surface area contributed by atoms with Crippen LogP contribution in [0.25, 0.3) is 27.4 Å². The van der Waals surface area contributed by atoms with Crippen molar-refractivity contribution in [1.82, 2.24) is 19.7 Å². The molecule has 0 radical (unpaired) electrons. The lowest BCUT2D eigenvalue weighted by atomic mass is 10.0. The molecule has 42 heavy (non-hydrogen) atoms. The van der Waals surface area contributed by atoms with E-state index in [1.54, 1.807) is 10.8 Å². The zero-order chi connectivity index (χ0) is 28.6. The highest BCUT2D eigenvalue weighted by molar-refractivity contribution is 6.02. The zero-order valence-electron chi connectivity index (χ0n) is 23.5. The third-order valence-electron chi connectivity index (χ3n) is 8.48. The second kappa shape index (κ2) is 11.4. The van der Waals surface area contributed by atoms with E-state index in [4.69, 9.17) is 9.47 Å². The van der Waals surface area contributed by atoms with Crippen molar-refractivity contribution in [3.63, 3.8) is 0 Å². The molecule has 2 N–H and O–H groups in total. The van der Waals surface area contributed by atoms with Gasteiger partial charge >= 0.3 is 0 Å². The minimum Gasteiger partial charge on any atom is -0.451 e. The first-order valence-corrected chi connectivity index (χ1v) is 14.7. The third kappa shape index (κ3) is 4.99. The number of nitrogens with zero attached hydrogens (tertiary/aromatic N) is 3. The number of anilines is 1. The Balaban J connectivity index is 1.29. The largest absolute Gasteiger partial charge is 0.451 e. The lowest BCUT2D eigenvalue weighted by molar-refractivity contribution is 0.0398. The highest BCUT2D eigenvalue weighted by Gasteiger charge is 2.29. The van der Waals surface area contributed by atoms with Crippen LogP contribution in [0.3, 0.4) is 0 Å². The van der Waals surface area contributed by atoms with Crippen molar-refractivity contribution in [2.45, 2.75) is 12.8 Å². The Labute approximate surface area is 242 Å². The minimum atomic E-state index is -0.598. The van der Waals surface area contributed by atoms with Crippen molar-refractivity contribution < 1.29 is 18.7 Å². The summed E-state index contributed by atoms with van der Waals surface area (Å²) in [5.74, 6) is -0.298. The molecule has 3 aliphatic rings. The molecular formula is C32H34FN5O4. The van der Waals surface area contributed by atoms with E-state index in [1.165, 1.54) is 6.07 Å². The SMILES string of the molecule is O=C(NCCN1CCCC1)c1cn2c3c(c(NCCN4CCOCC4)c(F)cc3c1=O)Oc1cc3ccccc3cc1-2.